The van der Waals surface area contributed by atoms with E-state index in [9.17, 15) is 5.11 Å². The van der Waals surface area contributed by atoms with Gasteiger partial charge in [-0.05, 0) is 51.2 Å². The third kappa shape index (κ3) is 2.62. The Bertz CT molecular complexity index is 348. The van der Waals surface area contributed by atoms with E-state index in [2.05, 4.69) is 22.7 Å². The van der Waals surface area contributed by atoms with Crippen LogP contribution in [-0.2, 0) is 5.60 Å². The van der Waals surface area contributed by atoms with Crippen LogP contribution in [0.5, 0.6) is 0 Å². The maximum Gasteiger partial charge on any atom is 0.0948 e. The van der Waals surface area contributed by atoms with Gasteiger partial charge in [-0.3, -0.25) is 0 Å². The number of aromatic nitrogens is 1. The first-order valence-electron chi connectivity index (χ1n) is 5.89. The number of rotatable bonds is 2. The molecule has 0 bridgehead atoms. The monoisotopic (exact) mass is 240 g/mol. The van der Waals surface area contributed by atoms with Crippen molar-refractivity contribution in [3.8, 4) is 0 Å². The van der Waals surface area contributed by atoms with Gasteiger partial charge in [-0.1, -0.05) is 0 Å². The highest BCUT2D eigenvalue weighted by Crippen LogP contribution is 2.30. The molecular formula is C12H20N2OS. The Balaban J connectivity index is 2.08. The van der Waals surface area contributed by atoms with Crippen LogP contribution in [-0.4, -0.2) is 22.1 Å². The van der Waals surface area contributed by atoms with E-state index in [0.29, 0.717) is 12.0 Å². The average Bonchev–Trinajstić information content (AvgIpc) is 2.67. The van der Waals surface area contributed by atoms with Gasteiger partial charge in [0.05, 0.1) is 16.2 Å². The predicted octanol–water partition coefficient (Wildman–Crippen LogP) is 2.23. The maximum atomic E-state index is 9.90. The summed E-state index contributed by atoms with van der Waals surface area (Å²) in [4.78, 5) is 0.959. The van der Waals surface area contributed by atoms with Gasteiger partial charge in [0.15, 0.2) is 0 Å². The molecule has 0 aromatic carbocycles. The number of hydrogen-bond donors (Lipinski definition) is 2. The molecule has 16 heavy (non-hydrogen) atoms. The van der Waals surface area contributed by atoms with E-state index in [1.165, 1.54) is 24.4 Å². The van der Waals surface area contributed by atoms with Crippen molar-refractivity contribution in [2.75, 3.05) is 6.54 Å². The van der Waals surface area contributed by atoms with Crippen molar-refractivity contribution in [2.45, 2.75) is 51.2 Å². The highest BCUT2D eigenvalue weighted by atomic mass is 32.1. The van der Waals surface area contributed by atoms with Gasteiger partial charge >= 0.3 is 0 Å². The summed E-state index contributed by atoms with van der Waals surface area (Å²) >= 11 is 1.42. The summed E-state index contributed by atoms with van der Waals surface area (Å²) in [6, 6.07) is 2.69. The van der Waals surface area contributed by atoms with Crippen molar-refractivity contribution in [1.82, 2.24) is 9.69 Å². The molecule has 3 nitrogen and oxygen atoms in total. The van der Waals surface area contributed by atoms with Crippen LogP contribution < -0.4 is 5.32 Å². The summed E-state index contributed by atoms with van der Waals surface area (Å²) in [6.07, 6.45) is 2.41. The Morgan fingerprint density at radius 1 is 1.50 bits per heavy atom. The van der Waals surface area contributed by atoms with Gasteiger partial charge in [0, 0.05) is 18.5 Å². The Labute approximate surface area is 101 Å². The first-order chi connectivity index (χ1) is 7.47. The van der Waals surface area contributed by atoms with Crippen LogP contribution >= 0.6 is 11.5 Å². The zero-order valence-corrected chi connectivity index (χ0v) is 11.0. The van der Waals surface area contributed by atoms with Crippen LogP contribution in [0, 0.1) is 0 Å². The standard InChI is InChI=1S/C12H20N2OS/c1-8-4-5-9(7-13-8)10-6-11(16-14-10)12(2,3)15/h6,8-9,13,15H,4-5,7H2,1-3H3/t8-,9-/m1/s1. The third-order valence-electron chi connectivity index (χ3n) is 3.21. The van der Waals surface area contributed by atoms with Gasteiger partial charge in [-0.15, -0.1) is 0 Å². The van der Waals surface area contributed by atoms with Crippen LogP contribution in [0.25, 0.3) is 0 Å². The lowest BCUT2D eigenvalue weighted by Crippen LogP contribution is -2.35. The topological polar surface area (TPSA) is 45.2 Å². The van der Waals surface area contributed by atoms with E-state index in [1.54, 1.807) is 0 Å². The SMILES string of the molecule is C[C@@H]1CC[C@@H](c2cc(C(C)(C)O)sn2)CN1. The molecule has 1 aromatic heterocycles. The number of piperidine rings is 1. The molecule has 1 fully saturated rings. The lowest BCUT2D eigenvalue weighted by atomic mass is 9.92. The number of nitrogens with one attached hydrogen (secondary N) is 1. The highest BCUT2D eigenvalue weighted by Gasteiger charge is 2.25. The Kier molecular flexibility index (Phi) is 3.33. The van der Waals surface area contributed by atoms with Gasteiger partial charge < -0.3 is 10.4 Å². The molecule has 0 radical (unpaired) electrons. The first kappa shape index (κ1) is 12.0. The Morgan fingerprint density at radius 2 is 2.25 bits per heavy atom. The van der Waals surface area contributed by atoms with Crippen LogP contribution in [0.2, 0.25) is 0 Å². The van der Waals surface area contributed by atoms with E-state index in [1.807, 2.05) is 13.8 Å². The summed E-state index contributed by atoms with van der Waals surface area (Å²) in [5, 5.41) is 13.4. The molecule has 1 aliphatic rings. The molecule has 1 saturated heterocycles. The maximum absolute atomic E-state index is 9.90. The fourth-order valence-corrected chi connectivity index (χ4v) is 2.82. The number of nitrogens with zero attached hydrogens (tertiary/aromatic N) is 1. The van der Waals surface area contributed by atoms with E-state index >= 15 is 0 Å². The molecule has 1 aromatic rings. The molecule has 1 aliphatic heterocycles. The van der Waals surface area contributed by atoms with E-state index < -0.39 is 5.60 Å². The molecule has 2 N–H and O–H groups in total. The van der Waals surface area contributed by atoms with Crippen molar-refractivity contribution in [2.24, 2.45) is 0 Å². The van der Waals surface area contributed by atoms with Gasteiger partial charge in [0.2, 0.25) is 0 Å². The fourth-order valence-electron chi connectivity index (χ4n) is 2.02. The van der Waals surface area contributed by atoms with Crippen molar-refractivity contribution >= 4 is 11.5 Å². The Morgan fingerprint density at radius 3 is 2.75 bits per heavy atom. The molecule has 0 amide bonds. The summed E-state index contributed by atoms with van der Waals surface area (Å²) in [6.45, 7) is 6.85. The zero-order chi connectivity index (χ0) is 11.8. The zero-order valence-electron chi connectivity index (χ0n) is 10.2. The highest BCUT2D eigenvalue weighted by molar-refractivity contribution is 7.06. The average molecular weight is 240 g/mol. The number of hydrogen-bond acceptors (Lipinski definition) is 4. The molecule has 0 spiro atoms. The van der Waals surface area contributed by atoms with Gasteiger partial charge in [0.1, 0.15) is 0 Å². The second-order valence-corrected chi connectivity index (χ2v) is 6.06. The second-order valence-electron chi connectivity index (χ2n) is 5.26. The molecule has 90 valence electrons. The predicted molar refractivity (Wildman–Crippen MR) is 66.8 cm³/mol. The van der Waals surface area contributed by atoms with Gasteiger partial charge in [0.25, 0.3) is 0 Å². The van der Waals surface area contributed by atoms with Gasteiger partial charge in [-0.2, -0.15) is 4.37 Å². The molecular weight excluding hydrogens is 220 g/mol. The minimum atomic E-state index is -0.759. The normalized spacial score (nSPS) is 27.0. The van der Waals surface area contributed by atoms with Crippen molar-refractivity contribution < 1.29 is 5.11 Å². The largest absolute Gasteiger partial charge is 0.385 e. The molecule has 0 saturated carbocycles. The minimum Gasteiger partial charge on any atom is -0.385 e. The van der Waals surface area contributed by atoms with Gasteiger partial charge in [-0.25, -0.2) is 0 Å². The minimum absolute atomic E-state index is 0.517. The summed E-state index contributed by atoms with van der Waals surface area (Å²) in [7, 11) is 0. The number of aliphatic hydroxyl groups is 1. The molecule has 4 heteroatoms. The Hall–Kier alpha value is -0.450. The third-order valence-corrected chi connectivity index (χ3v) is 4.33. The van der Waals surface area contributed by atoms with Crippen LogP contribution in [0.1, 0.15) is 50.1 Å². The summed E-state index contributed by atoms with van der Waals surface area (Å²) < 4.78 is 4.47. The molecule has 0 aliphatic carbocycles. The fraction of sp³-hybridized carbons (Fsp3) is 0.750. The molecule has 2 heterocycles. The first-order valence-corrected chi connectivity index (χ1v) is 6.67. The van der Waals surface area contributed by atoms with E-state index in [0.717, 1.165) is 17.1 Å². The smallest absolute Gasteiger partial charge is 0.0948 e. The summed E-state index contributed by atoms with van der Waals surface area (Å²) in [5.74, 6) is 0.517. The van der Waals surface area contributed by atoms with E-state index in [-0.39, 0.29) is 0 Å². The van der Waals surface area contributed by atoms with Crippen molar-refractivity contribution in [1.29, 1.82) is 0 Å². The van der Waals surface area contributed by atoms with Crippen molar-refractivity contribution in [3.05, 3.63) is 16.6 Å². The lowest BCUT2D eigenvalue weighted by molar-refractivity contribution is 0.0825. The quantitative estimate of drug-likeness (QED) is 0.833. The van der Waals surface area contributed by atoms with Crippen LogP contribution in [0.3, 0.4) is 0 Å². The van der Waals surface area contributed by atoms with Crippen LogP contribution in [0.15, 0.2) is 6.07 Å². The molecule has 2 atom stereocenters. The molecule has 0 unspecified atom stereocenters. The van der Waals surface area contributed by atoms with E-state index in [4.69, 9.17) is 0 Å². The lowest BCUT2D eigenvalue weighted by Gasteiger charge is -2.26. The van der Waals surface area contributed by atoms with Crippen LogP contribution in [0.4, 0.5) is 0 Å². The van der Waals surface area contributed by atoms with Crippen molar-refractivity contribution in [3.63, 3.8) is 0 Å². The molecule has 2 rings (SSSR count). The second kappa shape index (κ2) is 4.43. The summed E-state index contributed by atoms with van der Waals surface area (Å²) in [5.41, 5.74) is 0.382.